The van der Waals surface area contributed by atoms with E-state index in [1.54, 1.807) is 4.68 Å². The Morgan fingerprint density at radius 3 is 2.07 bits per heavy atom. The first kappa shape index (κ1) is 17.7. The van der Waals surface area contributed by atoms with Crippen LogP contribution in [0.2, 0.25) is 0 Å². The lowest BCUT2D eigenvalue weighted by molar-refractivity contribution is 0.835. The molecule has 0 fully saturated rings. The van der Waals surface area contributed by atoms with Gasteiger partial charge in [0.1, 0.15) is 0 Å². The zero-order chi connectivity index (χ0) is 19.5. The van der Waals surface area contributed by atoms with Gasteiger partial charge in [-0.05, 0) is 38.1 Å². The third kappa shape index (κ3) is 3.45. The highest BCUT2D eigenvalue weighted by Gasteiger charge is 2.19. The minimum absolute atomic E-state index is 0.111. The van der Waals surface area contributed by atoms with Gasteiger partial charge in [-0.2, -0.15) is 0 Å². The SMILES string of the molecule is Cc1ccc(-n2[nH]c(C)c(C(=Nc3ccccc3)c3ccccc3)c2=O)cc1. The predicted molar refractivity (Wildman–Crippen MR) is 114 cm³/mol. The smallest absolute Gasteiger partial charge is 0.280 e. The molecule has 4 rings (SSSR count). The number of hydrogen-bond acceptors (Lipinski definition) is 2. The van der Waals surface area contributed by atoms with Crippen molar-refractivity contribution in [3.63, 3.8) is 0 Å². The van der Waals surface area contributed by atoms with Gasteiger partial charge in [0.2, 0.25) is 0 Å². The molecule has 0 spiro atoms. The van der Waals surface area contributed by atoms with Crippen molar-refractivity contribution >= 4 is 11.4 Å². The highest BCUT2D eigenvalue weighted by molar-refractivity contribution is 6.14. The summed E-state index contributed by atoms with van der Waals surface area (Å²) in [4.78, 5) is 18.2. The van der Waals surface area contributed by atoms with E-state index in [2.05, 4.69) is 5.10 Å². The van der Waals surface area contributed by atoms with Gasteiger partial charge in [0, 0.05) is 11.3 Å². The number of nitrogens with zero attached hydrogens (tertiary/aromatic N) is 2. The quantitative estimate of drug-likeness (QED) is 0.510. The minimum Gasteiger partial charge on any atom is -0.295 e. The summed E-state index contributed by atoms with van der Waals surface area (Å²) >= 11 is 0. The van der Waals surface area contributed by atoms with Gasteiger partial charge in [0.05, 0.1) is 22.6 Å². The van der Waals surface area contributed by atoms with Crippen LogP contribution in [0.5, 0.6) is 0 Å². The van der Waals surface area contributed by atoms with Crippen molar-refractivity contribution < 1.29 is 0 Å². The van der Waals surface area contributed by atoms with Crippen LogP contribution < -0.4 is 5.56 Å². The average molecular weight is 367 g/mol. The molecule has 0 unspecified atom stereocenters. The first-order valence-electron chi connectivity index (χ1n) is 9.21. The van der Waals surface area contributed by atoms with Crippen molar-refractivity contribution in [3.05, 3.63) is 118 Å². The molecule has 3 aromatic carbocycles. The van der Waals surface area contributed by atoms with Crippen molar-refractivity contribution in [2.75, 3.05) is 0 Å². The summed E-state index contributed by atoms with van der Waals surface area (Å²) in [5.41, 5.74) is 5.58. The standard InChI is InChI=1S/C24H21N3O/c1-17-13-15-21(16-14-17)27-24(28)22(18(2)26-27)23(19-9-5-3-6-10-19)25-20-11-7-4-8-12-20/h3-16,26H,1-2H3. The Morgan fingerprint density at radius 1 is 0.821 bits per heavy atom. The lowest BCUT2D eigenvalue weighted by Gasteiger charge is -2.06. The number of rotatable bonds is 4. The second-order valence-corrected chi connectivity index (χ2v) is 6.75. The molecule has 28 heavy (non-hydrogen) atoms. The van der Waals surface area contributed by atoms with E-state index in [1.165, 1.54) is 0 Å². The van der Waals surface area contributed by atoms with Crippen LogP contribution in [0, 0.1) is 13.8 Å². The molecule has 0 bridgehead atoms. The molecule has 1 aromatic heterocycles. The molecule has 1 heterocycles. The van der Waals surface area contributed by atoms with Gasteiger partial charge in [0.25, 0.3) is 5.56 Å². The van der Waals surface area contributed by atoms with Gasteiger partial charge < -0.3 is 0 Å². The number of aliphatic imine (C=N–C) groups is 1. The summed E-state index contributed by atoms with van der Waals surface area (Å²) in [6.45, 7) is 3.93. The molecule has 0 aliphatic carbocycles. The first-order chi connectivity index (χ1) is 13.6. The van der Waals surface area contributed by atoms with E-state index in [1.807, 2.05) is 98.8 Å². The Balaban J connectivity index is 1.92. The third-order valence-electron chi connectivity index (χ3n) is 4.64. The molecule has 4 heteroatoms. The molecule has 138 valence electrons. The predicted octanol–water partition coefficient (Wildman–Crippen LogP) is 4.95. The summed E-state index contributed by atoms with van der Waals surface area (Å²) in [6, 6.07) is 27.4. The van der Waals surface area contributed by atoms with Crippen LogP contribution in [-0.4, -0.2) is 15.5 Å². The second-order valence-electron chi connectivity index (χ2n) is 6.75. The number of para-hydroxylation sites is 1. The van der Waals surface area contributed by atoms with Crippen LogP contribution in [0.15, 0.2) is 94.7 Å². The van der Waals surface area contributed by atoms with Crippen LogP contribution in [0.4, 0.5) is 5.69 Å². The summed E-state index contributed by atoms with van der Waals surface area (Å²) < 4.78 is 1.58. The van der Waals surface area contributed by atoms with E-state index in [0.717, 1.165) is 28.2 Å². The number of benzene rings is 3. The maximum atomic E-state index is 13.3. The van der Waals surface area contributed by atoms with Crippen LogP contribution >= 0.6 is 0 Å². The van der Waals surface area contributed by atoms with Gasteiger partial charge in [-0.15, -0.1) is 0 Å². The average Bonchev–Trinajstić information content (AvgIpc) is 3.02. The van der Waals surface area contributed by atoms with E-state index in [4.69, 9.17) is 4.99 Å². The van der Waals surface area contributed by atoms with Crippen LogP contribution in [0.25, 0.3) is 5.69 Å². The highest BCUT2D eigenvalue weighted by atomic mass is 16.1. The number of aryl methyl sites for hydroxylation is 2. The Kier molecular flexibility index (Phi) is 4.77. The van der Waals surface area contributed by atoms with Crippen molar-refractivity contribution in [1.82, 2.24) is 9.78 Å². The molecule has 0 aliphatic rings. The Labute approximate surface area is 163 Å². The molecule has 0 amide bonds. The summed E-state index contributed by atoms with van der Waals surface area (Å²) in [6.07, 6.45) is 0. The fourth-order valence-electron chi connectivity index (χ4n) is 3.19. The largest absolute Gasteiger partial charge is 0.295 e. The van der Waals surface area contributed by atoms with Gasteiger partial charge in [-0.1, -0.05) is 66.2 Å². The highest BCUT2D eigenvalue weighted by Crippen LogP contribution is 2.19. The normalized spacial score (nSPS) is 11.6. The Morgan fingerprint density at radius 2 is 1.43 bits per heavy atom. The van der Waals surface area contributed by atoms with E-state index in [0.29, 0.717) is 11.3 Å². The number of aromatic amines is 1. The van der Waals surface area contributed by atoms with Gasteiger partial charge >= 0.3 is 0 Å². The maximum Gasteiger partial charge on any atom is 0.280 e. The Bertz CT molecular complexity index is 1170. The summed E-state index contributed by atoms with van der Waals surface area (Å²) in [5, 5.41) is 3.21. The third-order valence-corrected chi connectivity index (χ3v) is 4.64. The van der Waals surface area contributed by atoms with Crippen molar-refractivity contribution in [2.45, 2.75) is 13.8 Å². The molecular formula is C24H21N3O. The summed E-state index contributed by atoms with van der Waals surface area (Å²) in [7, 11) is 0. The molecule has 0 radical (unpaired) electrons. The fourth-order valence-corrected chi connectivity index (χ4v) is 3.19. The number of hydrogen-bond donors (Lipinski definition) is 1. The van der Waals surface area contributed by atoms with Crippen LogP contribution in [0.3, 0.4) is 0 Å². The lowest BCUT2D eigenvalue weighted by Crippen LogP contribution is -2.21. The minimum atomic E-state index is -0.111. The number of nitrogens with one attached hydrogen (secondary N) is 1. The van der Waals surface area contributed by atoms with Crippen molar-refractivity contribution in [1.29, 1.82) is 0 Å². The van der Waals surface area contributed by atoms with Crippen LogP contribution in [0.1, 0.15) is 22.4 Å². The maximum absolute atomic E-state index is 13.3. The zero-order valence-electron chi connectivity index (χ0n) is 15.9. The zero-order valence-corrected chi connectivity index (χ0v) is 15.9. The fraction of sp³-hybridized carbons (Fsp3) is 0.0833. The second kappa shape index (κ2) is 7.53. The van der Waals surface area contributed by atoms with E-state index in [9.17, 15) is 4.79 Å². The van der Waals surface area contributed by atoms with Gasteiger partial charge in [-0.3, -0.25) is 9.89 Å². The first-order valence-corrected chi connectivity index (χ1v) is 9.21. The molecule has 4 nitrogen and oxygen atoms in total. The van der Waals surface area contributed by atoms with Crippen molar-refractivity contribution in [3.8, 4) is 5.69 Å². The molecule has 0 atom stereocenters. The lowest BCUT2D eigenvalue weighted by atomic mass is 10.0. The van der Waals surface area contributed by atoms with Crippen molar-refractivity contribution in [2.24, 2.45) is 4.99 Å². The van der Waals surface area contributed by atoms with Gasteiger partial charge in [0.15, 0.2) is 0 Å². The van der Waals surface area contributed by atoms with E-state index in [-0.39, 0.29) is 5.56 Å². The Hall–Kier alpha value is -3.66. The number of aromatic nitrogens is 2. The number of H-pyrrole nitrogens is 1. The topological polar surface area (TPSA) is 50.1 Å². The monoisotopic (exact) mass is 367 g/mol. The molecular weight excluding hydrogens is 346 g/mol. The van der Waals surface area contributed by atoms with Gasteiger partial charge in [-0.25, -0.2) is 9.67 Å². The molecule has 0 saturated heterocycles. The van der Waals surface area contributed by atoms with E-state index < -0.39 is 0 Å². The molecule has 0 aliphatic heterocycles. The molecule has 0 saturated carbocycles. The van der Waals surface area contributed by atoms with E-state index >= 15 is 0 Å². The van der Waals surface area contributed by atoms with Crippen LogP contribution in [-0.2, 0) is 0 Å². The molecule has 1 N–H and O–H groups in total. The molecule has 4 aromatic rings. The summed E-state index contributed by atoms with van der Waals surface area (Å²) in [5.74, 6) is 0.